The van der Waals surface area contributed by atoms with Crippen LogP contribution >= 0.6 is 35.7 Å². The highest BCUT2D eigenvalue weighted by Crippen LogP contribution is 1.89. The lowest BCUT2D eigenvalue weighted by atomic mass is 11.0. The zero-order valence-electron chi connectivity index (χ0n) is 3.47. The summed E-state index contributed by atoms with van der Waals surface area (Å²) in [6, 6.07) is 0. The van der Waals surface area contributed by atoms with E-state index >= 15 is 0 Å². The Hall–Kier alpha value is 0.570. The van der Waals surface area contributed by atoms with Gasteiger partial charge in [0.1, 0.15) is 5.40 Å². The number of hydrogen-bond donors (Lipinski definition) is 0. The van der Waals surface area contributed by atoms with Gasteiger partial charge in [-0.15, -0.1) is 24.0 Å². The van der Waals surface area contributed by atoms with Crippen molar-refractivity contribution in [1.29, 1.82) is 5.26 Å². The fourth-order valence-corrected chi connectivity index (χ4v) is 0.194. The molecule has 0 amide bonds. The van der Waals surface area contributed by atoms with Gasteiger partial charge in [-0.05, 0) is 11.8 Å². The van der Waals surface area contributed by atoms with Gasteiger partial charge in [-0.25, -0.2) is 0 Å². The van der Waals surface area contributed by atoms with Crippen LogP contribution in [0.1, 0.15) is 6.92 Å². The highest BCUT2D eigenvalue weighted by atomic mass is 127. The largest absolute Gasteiger partial charge is 0.185 e. The predicted molar refractivity (Wildman–Crippen MR) is 39.2 cm³/mol. The van der Waals surface area contributed by atoms with E-state index in [9.17, 15) is 0 Å². The molecule has 0 N–H and O–H groups in total. The van der Waals surface area contributed by atoms with E-state index in [1.807, 2.05) is 12.3 Å². The molecule has 0 unspecified atom stereocenters. The van der Waals surface area contributed by atoms with Crippen molar-refractivity contribution < 1.29 is 0 Å². The molecule has 6 heavy (non-hydrogen) atoms. The molecular weight excluding hydrogens is 209 g/mol. The van der Waals surface area contributed by atoms with Crippen LogP contribution in [0, 0.1) is 10.7 Å². The van der Waals surface area contributed by atoms with E-state index in [4.69, 9.17) is 5.26 Å². The Morgan fingerprint density at radius 2 is 2.33 bits per heavy atom. The second-order valence-electron chi connectivity index (χ2n) is 0.524. The van der Waals surface area contributed by atoms with Crippen molar-refractivity contribution in [2.24, 2.45) is 0 Å². The Kier molecular flexibility index (Phi) is 14.8. The molecule has 0 fully saturated rings. The molecule has 0 aliphatic carbocycles. The van der Waals surface area contributed by atoms with E-state index in [0.29, 0.717) is 0 Å². The molecule has 0 bridgehead atoms. The summed E-state index contributed by atoms with van der Waals surface area (Å²) in [6.07, 6.45) is 0. The maximum Gasteiger partial charge on any atom is 0.133 e. The fourth-order valence-electron chi connectivity index (χ4n) is 0.0645. The molecule has 0 heterocycles. The molecule has 0 aliphatic rings. The summed E-state index contributed by atoms with van der Waals surface area (Å²) >= 11 is 1.27. The van der Waals surface area contributed by atoms with Gasteiger partial charge >= 0.3 is 0 Å². The molecule has 0 radical (unpaired) electrons. The Labute approximate surface area is 59.1 Å². The van der Waals surface area contributed by atoms with Crippen molar-refractivity contribution in [3.05, 3.63) is 0 Å². The molecule has 0 saturated heterocycles. The minimum absolute atomic E-state index is 0. The lowest BCUT2D eigenvalue weighted by molar-refractivity contribution is 1.52. The summed E-state index contributed by atoms with van der Waals surface area (Å²) < 4.78 is 0. The molecule has 0 rings (SSSR count). The normalized spacial score (nSPS) is 5.33. The molecule has 0 aromatic heterocycles. The highest BCUT2D eigenvalue weighted by molar-refractivity contribution is 14.0. The molecule has 1 nitrogen and oxygen atoms in total. The van der Waals surface area contributed by atoms with Gasteiger partial charge in [-0.3, -0.25) is 0 Å². The third-order valence-corrected chi connectivity index (χ3v) is 0.627. The van der Waals surface area contributed by atoms with Gasteiger partial charge in [0.15, 0.2) is 0 Å². The Morgan fingerprint density at radius 1 is 1.83 bits per heavy atom. The molecular formula is C3H6INS. The lowest BCUT2D eigenvalue weighted by Crippen LogP contribution is -1.52. The summed E-state index contributed by atoms with van der Waals surface area (Å²) in [5.41, 5.74) is 0. The zero-order chi connectivity index (χ0) is 4.12. The van der Waals surface area contributed by atoms with Crippen LogP contribution in [0.3, 0.4) is 0 Å². The quantitative estimate of drug-likeness (QED) is 0.492. The SMILES string of the molecule is CCSC#N.I. The van der Waals surface area contributed by atoms with Gasteiger partial charge in [0.2, 0.25) is 0 Å². The third-order valence-electron chi connectivity index (χ3n) is 0.209. The van der Waals surface area contributed by atoms with Crippen molar-refractivity contribution in [2.75, 3.05) is 5.75 Å². The minimum Gasteiger partial charge on any atom is -0.185 e. The molecule has 0 saturated carbocycles. The molecule has 0 spiro atoms. The van der Waals surface area contributed by atoms with Crippen LogP contribution in [-0.4, -0.2) is 5.75 Å². The Balaban J connectivity index is 0. The van der Waals surface area contributed by atoms with E-state index in [2.05, 4.69) is 0 Å². The van der Waals surface area contributed by atoms with Gasteiger partial charge in [0, 0.05) is 5.75 Å². The standard InChI is InChI=1S/C3H5NS.HI/c1-2-5-3-4;/h2H2,1H3;1H. The van der Waals surface area contributed by atoms with E-state index in [0.717, 1.165) is 5.75 Å². The van der Waals surface area contributed by atoms with Crippen molar-refractivity contribution in [3.63, 3.8) is 0 Å². The van der Waals surface area contributed by atoms with Gasteiger partial charge in [-0.2, -0.15) is 5.26 Å². The summed E-state index contributed by atoms with van der Waals surface area (Å²) in [6.45, 7) is 1.95. The summed E-state index contributed by atoms with van der Waals surface area (Å²) in [7, 11) is 0. The summed E-state index contributed by atoms with van der Waals surface area (Å²) in [4.78, 5) is 0. The maximum atomic E-state index is 7.78. The van der Waals surface area contributed by atoms with Crippen LogP contribution in [0.5, 0.6) is 0 Å². The number of nitrogens with zero attached hydrogens (tertiary/aromatic N) is 1. The fraction of sp³-hybridized carbons (Fsp3) is 0.667. The van der Waals surface area contributed by atoms with E-state index < -0.39 is 0 Å². The van der Waals surface area contributed by atoms with Crippen molar-refractivity contribution in [1.82, 2.24) is 0 Å². The predicted octanol–water partition coefficient (Wildman–Crippen LogP) is 1.84. The summed E-state index contributed by atoms with van der Waals surface area (Å²) in [5, 5.41) is 9.71. The van der Waals surface area contributed by atoms with Gasteiger partial charge < -0.3 is 0 Å². The van der Waals surface area contributed by atoms with Gasteiger partial charge in [0.05, 0.1) is 0 Å². The first-order valence-electron chi connectivity index (χ1n) is 1.42. The zero-order valence-corrected chi connectivity index (χ0v) is 6.62. The van der Waals surface area contributed by atoms with Gasteiger partial charge in [0.25, 0.3) is 0 Å². The Morgan fingerprint density at radius 3 is 2.33 bits per heavy atom. The average Bonchev–Trinajstić information content (AvgIpc) is 1.41. The van der Waals surface area contributed by atoms with Crippen molar-refractivity contribution >= 4 is 35.7 Å². The second-order valence-corrected chi connectivity index (χ2v) is 1.57. The van der Waals surface area contributed by atoms with Gasteiger partial charge in [-0.1, -0.05) is 6.92 Å². The van der Waals surface area contributed by atoms with E-state index in [-0.39, 0.29) is 24.0 Å². The van der Waals surface area contributed by atoms with Crippen LogP contribution in [0.2, 0.25) is 0 Å². The first-order valence-corrected chi connectivity index (χ1v) is 2.41. The van der Waals surface area contributed by atoms with Crippen LogP contribution in [-0.2, 0) is 0 Å². The lowest BCUT2D eigenvalue weighted by Gasteiger charge is -1.65. The van der Waals surface area contributed by atoms with Crippen LogP contribution in [0.25, 0.3) is 0 Å². The van der Waals surface area contributed by atoms with Crippen molar-refractivity contribution in [2.45, 2.75) is 6.92 Å². The number of halogens is 1. The van der Waals surface area contributed by atoms with E-state index in [1.165, 1.54) is 11.8 Å². The molecule has 36 valence electrons. The van der Waals surface area contributed by atoms with Crippen LogP contribution in [0.15, 0.2) is 0 Å². The first-order chi connectivity index (χ1) is 2.41. The average molecular weight is 215 g/mol. The smallest absolute Gasteiger partial charge is 0.133 e. The first kappa shape index (κ1) is 9.76. The highest BCUT2D eigenvalue weighted by Gasteiger charge is 1.65. The molecule has 0 aromatic rings. The third kappa shape index (κ3) is 8.82. The Bertz CT molecular complexity index is 49.2. The molecule has 0 aromatic carbocycles. The maximum absolute atomic E-state index is 7.78. The number of nitriles is 1. The number of thiocyanates is 1. The number of thioether (sulfide) groups is 1. The van der Waals surface area contributed by atoms with Crippen LogP contribution < -0.4 is 0 Å². The topological polar surface area (TPSA) is 23.8 Å². The molecule has 3 heteroatoms. The number of rotatable bonds is 1. The van der Waals surface area contributed by atoms with E-state index in [1.54, 1.807) is 0 Å². The summed E-state index contributed by atoms with van der Waals surface area (Å²) in [5.74, 6) is 0.899. The van der Waals surface area contributed by atoms with Crippen molar-refractivity contribution in [3.8, 4) is 5.40 Å². The van der Waals surface area contributed by atoms with Crippen LogP contribution in [0.4, 0.5) is 0 Å². The number of hydrogen-bond acceptors (Lipinski definition) is 2. The molecule has 0 atom stereocenters. The minimum atomic E-state index is 0. The second kappa shape index (κ2) is 9.13. The molecule has 0 aliphatic heterocycles. The monoisotopic (exact) mass is 215 g/mol.